The number of para-hydroxylation sites is 1. The molecule has 2 aromatic carbocycles. The lowest BCUT2D eigenvalue weighted by Gasteiger charge is -2.19. The molecule has 0 saturated carbocycles. The Hall–Kier alpha value is -3.02. The molecule has 0 atom stereocenters. The Labute approximate surface area is 140 Å². The quantitative estimate of drug-likeness (QED) is 0.672. The number of hydrogen-bond acceptors (Lipinski definition) is 5. The number of carboxylic acids is 1. The van der Waals surface area contributed by atoms with Crippen LogP contribution in [0.25, 0.3) is 0 Å². The minimum absolute atomic E-state index is 0.0373. The molecule has 0 amide bonds. The Kier molecular flexibility index (Phi) is 5.08. The molecule has 6 nitrogen and oxygen atoms in total. The van der Waals surface area contributed by atoms with E-state index in [4.69, 9.17) is 4.74 Å². The Morgan fingerprint density at radius 2 is 1.62 bits per heavy atom. The fourth-order valence-corrected chi connectivity index (χ4v) is 2.22. The lowest BCUT2D eigenvalue weighted by Crippen LogP contribution is -2.17. The van der Waals surface area contributed by atoms with Crippen LogP contribution >= 0.6 is 0 Å². The Bertz CT molecular complexity index is 769. The van der Waals surface area contributed by atoms with Gasteiger partial charge >= 0.3 is 11.9 Å². The maximum Gasteiger partial charge on any atom is 0.343 e. The summed E-state index contributed by atoms with van der Waals surface area (Å²) in [6.07, 6.45) is 0. The molecule has 2 rings (SSSR count). The monoisotopic (exact) mass is 328 g/mol. The van der Waals surface area contributed by atoms with Gasteiger partial charge in [-0.15, -0.1) is 0 Å². The molecule has 0 saturated heterocycles. The van der Waals surface area contributed by atoms with Gasteiger partial charge in [0.25, 0.3) is 0 Å². The minimum Gasteiger partial charge on any atom is -0.478 e. The standard InChI is InChI=1S/C18H20N2O4/c1-19(2)13-8-5-7-12(11-13)18(23)24-16-14(17(21)22)9-6-10-15(16)20(3)4/h5-11H,1-4H3,(H,21,22). The zero-order valence-corrected chi connectivity index (χ0v) is 14.1. The molecule has 6 heteroatoms. The van der Waals surface area contributed by atoms with Crippen molar-refractivity contribution >= 4 is 23.3 Å². The van der Waals surface area contributed by atoms with Gasteiger partial charge in [0, 0.05) is 33.9 Å². The van der Waals surface area contributed by atoms with Crippen LogP contribution in [0.15, 0.2) is 42.5 Å². The van der Waals surface area contributed by atoms with Crippen LogP contribution in [0.4, 0.5) is 11.4 Å². The largest absolute Gasteiger partial charge is 0.478 e. The topological polar surface area (TPSA) is 70.1 Å². The molecule has 0 heterocycles. The first-order valence-electron chi connectivity index (χ1n) is 7.34. The van der Waals surface area contributed by atoms with Gasteiger partial charge in [-0.2, -0.15) is 0 Å². The average Bonchev–Trinajstić information content (AvgIpc) is 2.54. The summed E-state index contributed by atoms with van der Waals surface area (Å²) in [5, 5.41) is 9.36. The molecule has 2 aromatic rings. The molecule has 0 aromatic heterocycles. The van der Waals surface area contributed by atoms with Crippen LogP contribution in [0.5, 0.6) is 5.75 Å². The van der Waals surface area contributed by atoms with Gasteiger partial charge in [0.15, 0.2) is 5.75 Å². The molecule has 0 spiro atoms. The van der Waals surface area contributed by atoms with Crippen LogP contribution in [-0.4, -0.2) is 45.2 Å². The fourth-order valence-electron chi connectivity index (χ4n) is 2.22. The van der Waals surface area contributed by atoms with Crippen molar-refractivity contribution < 1.29 is 19.4 Å². The fraction of sp³-hybridized carbons (Fsp3) is 0.222. The highest BCUT2D eigenvalue weighted by Gasteiger charge is 2.20. The lowest BCUT2D eigenvalue weighted by atomic mass is 10.1. The summed E-state index contributed by atoms with van der Waals surface area (Å²) in [4.78, 5) is 27.5. The van der Waals surface area contributed by atoms with Crippen LogP contribution in [-0.2, 0) is 0 Å². The molecule has 0 fully saturated rings. The van der Waals surface area contributed by atoms with Gasteiger partial charge in [-0.1, -0.05) is 12.1 Å². The summed E-state index contributed by atoms with van der Waals surface area (Å²) >= 11 is 0. The molecule has 24 heavy (non-hydrogen) atoms. The highest BCUT2D eigenvalue weighted by Crippen LogP contribution is 2.32. The lowest BCUT2D eigenvalue weighted by molar-refractivity contribution is 0.0682. The summed E-state index contributed by atoms with van der Waals surface area (Å²) in [7, 11) is 7.25. The van der Waals surface area contributed by atoms with Crippen LogP contribution in [0, 0.1) is 0 Å². The van der Waals surface area contributed by atoms with Crippen molar-refractivity contribution in [3.63, 3.8) is 0 Å². The average molecular weight is 328 g/mol. The van der Waals surface area contributed by atoms with E-state index in [0.717, 1.165) is 5.69 Å². The maximum absolute atomic E-state index is 12.5. The third-order valence-electron chi connectivity index (χ3n) is 3.50. The van der Waals surface area contributed by atoms with E-state index in [1.54, 1.807) is 49.3 Å². The van der Waals surface area contributed by atoms with E-state index in [9.17, 15) is 14.7 Å². The number of carbonyl (C=O) groups excluding carboxylic acids is 1. The molecule has 0 aliphatic rings. The van der Waals surface area contributed by atoms with E-state index >= 15 is 0 Å². The van der Waals surface area contributed by atoms with Crippen LogP contribution in [0.1, 0.15) is 20.7 Å². The summed E-state index contributed by atoms with van der Waals surface area (Å²) in [5.74, 6) is -1.71. The second-order valence-corrected chi connectivity index (χ2v) is 5.69. The van der Waals surface area contributed by atoms with E-state index in [0.29, 0.717) is 11.3 Å². The first-order valence-corrected chi connectivity index (χ1v) is 7.34. The van der Waals surface area contributed by atoms with Gasteiger partial charge in [-0.25, -0.2) is 9.59 Å². The highest BCUT2D eigenvalue weighted by molar-refractivity contribution is 5.98. The molecular weight excluding hydrogens is 308 g/mol. The van der Waals surface area contributed by atoms with Crippen molar-refractivity contribution in [2.45, 2.75) is 0 Å². The third-order valence-corrected chi connectivity index (χ3v) is 3.50. The van der Waals surface area contributed by atoms with Crippen LogP contribution in [0.2, 0.25) is 0 Å². The molecule has 0 aliphatic heterocycles. The molecule has 1 N–H and O–H groups in total. The number of benzene rings is 2. The number of ether oxygens (including phenoxy) is 1. The number of carboxylic acid groups (broad SMARTS) is 1. The second kappa shape index (κ2) is 7.04. The minimum atomic E-state index is -1.15. The first-order chi connectivity index (χ1) is 11.3. The van der Waals surface area contributed by atoms with E-state index in [1.807, 2.05) is 25.1 Å². The Morgan fingerprint density at radius 1 is 0.958 bits per heavy atom. The molecular formula is C18H20N2O4. The molecule has 0 unspecified atom stereocenters. The number of anilines is 2. The third kappa shape index (κ3) is 3.65. The first kappa shape index (κ1) is 17.3. The smallest absolute Gasteiger partial charge is 0.343 e. The van der Waals surface area contributed by atoms with Gasteiger partial charge in [0.2, 0.25) is 0 Å². The summed E-state index contributed by atoms with van der Waals surface area (Å²) in [6, 6.07) is 11.7. The van der Waals surface area contributed by atoms with Gasteiger partial charge in [0.05, 0.1) is 11.3 Å². The van der Waals surface area contributed by atoms with Crippen molar-refractivity contribution in [3.05, 3.63) is 53.6 Å². The van der Waals surface area contributed by atoms with Crippen molar-refractivity contribution in [3.8, 4) is 5.75 Å². The Balaban J connectivity index is 2.42. The van der Waals surface area contributed by atoms with Crippen molar-refractivity contribution in [2.75, 3.05) is 38.0 Å². The van der Waals surface area contributed by atoms with E-state index in [1.165, 1.54) is 6.07 Å². The molecule has 0 radical (unpaired) electrons. The predicted octanol–water partition coefficient (Wildman–Crippen LogP) is 2.74. The molecule has 0 aliphatic carbocycles. The summed E-state index contributed by atoms with van der Waals surface area (Å²) in [5.41, 5.74) is 1.67. The van der Waals surface area contributed by atoms with E-state index in [2.05, 4.69) is 0 Å². The molecule has 0 bridgehead atoms. The summed E-state index contributed by atoms with van der Waals surface area (Å²) in [6.45, 7) is 0. The maximum atomic E-state index is 12.5. The second-order valence-electron chi connectivity index (χ2n) is 5.69. The SMILES string of the molecule is CN(C)c1cccc(C(=O)Oc2c(C(=O)O)cccc2N(C)C)c1. The van der Waals surface area contributed by atoms with Gasteiger partial charge < -0.3 is 19.6 Å². The number of nitrogens with zero attached hydrogens (tertiary/aromatic N) is 2. The van der Waals surface area contributed by atoms with E-state index in [-0.39, 0.29) is 11.3 Å². The van der Waals surface area contributed by atoms with Crippen molar-refractivity contribution in [2.24, 2.45) is 0 Å². The van der Waals surface area contributed by atoms with Crippen molar-refractivity contribution in [1.29, 1.82) is 0 Å². The van der Waals surface area contributed by atoms with Gasteiger partial charge in [0.1, 0.15) is 5.56 Å². The van der Waals surface area contributed by atoms with Gasteiger partial charge in [-0.05, 0) is 30.3 Å². The summed E-state index contributed by atoms with van der Waals surface area (Å²) < 4.78 is 5.44. The molecule has 126 valence electrons. The van der Waals surface area contributed by atoms with E-state index < -0.39 is 11.9 Å². The number of aromatic carboxylic acids is 1. The predicted molar refractivity (Wildman–Crippen MR) is 93.5 cm³/mol. The number of rotatable bonds is 5. The zero-order chi connectivity index (χ0) is 17.9. The number of carbonyl (C=O) groups is 2. The van der Waals surface area contributed by atoms with Gasteiger partial charge in [-0.3, -0.25) is 0 Å². The van der Waals surface area contributed by atoms with Crippen LogP contribution in [0.3, 0.4) is 0 Å². The Morgan fingerprint density at radius 3 is 2.21 bits per heavy atom. The normalized spacial score (nSPS) is 10.2. The van der Waals surface area contributed by atoms with Crippen LogP contribution < -0.4 is 14.5 Å². The zero-order valence-electron chi connectivity index (χ0n) is 14.1. The highest BCUT2D eigenvalue weighted by atomic mass is 16.5. The number of esters is 1. The number of hydrogen-bond donors (Lipinski definition) is 1. The van der Waals surface area contributed by atoms with Crippen molar-refractivity contribution in [1.82, 2.24) is 0 Å².